The van der Waals surface area contributed by atoms with Gasteiger partial charge in [-0.3, -0.25) is 9.48 Å². The number of Topliss-reactive ketones (excluding diaryl/α,β-unsaturated/α-hetero) is 1. The molecule has 0 aliphatic heterocycles. The summed E-state index contributed by atoms with van der Waals surface area (Å²) in [6.07, 6.45) is 7.06. The summed E-state index contributed by atoms with van der Waals surface area (Å²) < 4.78 is 1.76. The van der Waals surface area contributed by atoms with Crippen molar-refractivity contribution in [2.45, 2.75) is 17.7 Å². The third-order valence-electron chi connectivity index (χ3n) is 2.81. The Balaban J connectivity index is 1.94. The first-order valence-electron chi connectivity index (χ1n) is 5.84. The van der Waals surface area contributed by atoms with E-state index in [1.807, 2.05) is 50.0 Å². The maximum Gasteiger partial charge on any atom is 0.163 e. The second-order valence-corrected chi connectivity index (χ2v) is 5.05. The molecule has 0 fully saturated rings. The molecule has 1 aromatic carbocycles. The molecule has 2 aromatic rings. The van der Waals surface area contributed by atoms with Crippen molar-refractivity contribution in [1.29, 1.82) is 0 Å². The number of aromatic nitrogens is 2. The Morgan fingerprint density at radius 1 is 1.33 bits per heavy atom. The summed E-state index contributed by atoms with van der Waals surface area (Å²) >= 11 is 1.68. The van der Waals surface area contributed by atoms with Crippen molar-refractivity contribution in [3.05, 3.63) is 47.8 Å². The first-order chi connectivity index (χ1) is 8.69. The number of hydrogen-bond acceptors (Lipinski definition) is 3. The van der Waals surface area contributed by atoms with Crippen LogP contribution in [-0.4, -0.2) is 21.8 Å². The highest BCUT2D eigenvalue weighted by Gasteiger charge is 2.06. The fourth-order valence-corrected chi connectivity index (χ4v) is 2.19. The highest BCUT2D eigenvalue weighted by Crippen LogP contribution is 2.16. The van der Waals surface area contributed by atoms with Gasteiger partial charge in [0.2, 0.25) is 0 Å². The Hall–Kier alpha value is -1.55. The lowest BCUT2D eigenvalue weighted by atomic mass is 10.0. The number of hydrogen-bond donors (Lipinski definition) is 0. The molecule has 0 amide bonds. The van der Waals surface area contributed by atoms with E-state index in [0.29, 0.717) is 6.42 Å². The molecule has 0 aliphatic rings. The molecule has 2 rings (SSSR count). The number of carbonyl (C=O) groups excluding carboxylic acids is 1. The second-order valence-electron chi connectivity index (χ2n) is 4.17. The van der Waals surface area contributed by atoms with Crippen molar-refractivity contribution in [1.82, 2.24) is 9.78 Å². The van der Waals surface area contributed by atoms with E-state index in [1.54, 1.807) is 16.4 Å². The Labute approximate surface area is 111 Å². The van der Waals surface area contributed by atoms with Crippen molar-refractivity contribution >= 4 is 17.5 Å². The van der Waals surface area contributed by atoms with Crippen molar-refractivity contribution in [2.75, 3.05) is 6.26 Å². The average Bonchev–Trinajstić information content (AvgIpc) is 2.82. The van der Waals surface area contributed by atoms with E-state index in [2.05, 4.69) is 5.10 Å². The molecule has 0 aliphatic carbocycles. The van der Waals surface area contributed by atoms with E-state index in [1.165, 1.54) is 4.90 Å². The minimum atomic E-state index is 0.187. The Bertz CT molecular complexity index is 531. The Kier molecular flexibility index (Phi) is 4.20. The zero-order valence-electron chi connectivity index (χ0n) is 10.6. The molecule has 0 radical (unpaired) electrons. The Morgan fingerprint density at radius 2 is 2.06 bits per heavy atom. The first-order valence-corrected chi connectivity index (χ1v) is 7.06. The smallest absolute Gasteiger partial charge is 0.163 e. The number of rotatable bonds is 5. The van der Waals surface area contributed by atoms with Gasteiger partial charge < -0.3 is 0 Å². The van der Waals surface area contributed by atoms with E-state index < -0.39 is 0 Å². The molecule has 94 valence electrons. The predicted molar refractivity (Wildman–Crippen MR) is 74.1 cm³/mol. The van der Waals surface area contributed by atoms with Crippen molar-refractivity contribution < 1.29 is 4.79 Å². The first kappa shape index (κ1) is 12.9. The van der Waals surface area contributed by atoms with Gasteiger partial charge in [-0.1, -0.05) is 12.1 Å². The third-order valence-corrected chi connectivity index (χ3v) is 3.55. The van der Waals surface area contributed by atoms with E-state index in [9.17, 15) is 4.79 Å². The molecule has 0 atom stereocenters. The average molecular weight is 260 g/mol. The maximum absolute atomic E-state index is 12.0. The maximum atomic E-state index is 12.0. The largest absolute Gasteiger partial charge is 0.294 e. The fourth-order valence-electron chi connectivity index (χ4n) is 1.78. The van der Waals surface area contributed by atoms with Gasteiger partial charge in [0.05, 0.1) is 6.20 Å². The fraction of sp³-hybridized carbons (Fsp3) is 0.286. The van der Waals surface area contributed by atoms with Crippen LogP contribution in [0, 0.1) is 0 Å². The van der Waals surface area contributed by atoms with Crippen LogP contribution in [-0.2, 0) is 13.5 Å². The zero-order chi connectivity index (χ0) is 13.0. The van der Waals surface area contributed by atoms with Crippen LogP contribution in [0.1, 0.15) is 22.3 Å². The lowest BCUT2D eigenvalue weighted by Gasteiger charge is -2.01. The topological polar surface area (TPSA) is 34.9 Å². The molecule has 4 heteroatoms. The van der Waals surface area contributed by atoms with Gasteiger partial charge in [0, 0.05) is 30.1 Å². The van der Waals surface area contributed by atoms with Gasteiger partial charge in [-0.2, -0.15) is 5.10 Å². The number of carbonyl (C=O) groups is 1. The summed E-state index contributed by atoms with van der Waals surface area (Å²) in [7, 11) is 1.88. The molecule has 0 spiro atoms. The van der Waals surface area contributed by atoms with Gasteiger partial charge in [0.25, 0.3) is 0 Å². The van der Waals surface area contributed by atoms with E-state index in [0.717, 1.165) is 17.5 Å². The van der Waals surface area contributed by atoms with Crippen molar-refractivity contribution in [3.63, 3.8) is 0 Å². The third kappa shape index (κ3) is 3.23. The van der Waals surface area contributed by atoms with Gasteiger partial charge in [-0.25, -0.2) is 0 Å². The van der Waals surface area contributed by atoms with Crippen LogP contribution in [0.2, 0.25) is 0 Å². The van der Waals surface area contributed by atoms with Crippen molar-refractivity contribution in [2.24, 2.45) is 7.05 Å². The van der Waals surface area contributed by atoms with Gasteiger partial charge in [-0.05, 0) is 30.4 Å². The van der Waals surface area contributed by atoms with Crippen molar-refractivity contribution in [3.8, 4) is 0 Å². The van der Waals surface area contributed by atoms with Crippen LogP contribution < -0.4 is 0 Å². The summed E-state index contributed by atoms with van der Waals surface area (Å²) in [5, 5.41) is 4.09. The number of aryl methyl sites for hydroxylation is 2. The number of nitrogens with zero attached hydrogens (tertiary/aromatic N) is 2. The molecule has 18 heavy (non-hydrogen) atoms. The SMILES string of the molecule is CSc1ccc(C(=O)CCc2cnn(C)c2)cc1. The molecular weight excluding hydrogens is 244 g/mol. The predicted octanol–water partition coefficient (Wildman–Crippen LogP) is 2.96. The summed E-state index contributed by atoms with van der Waals surface area (Å²) in [5.74, 6) is 0.187. The number of benzene rings is 1. The van der Waals surface area contributed by atoms with Gasteiger partial charge >= 0.3 is 0 Å². The normalized spacial score (nSPS) is 10.6. The summed E-state index contributed by atoms with van der Waals surface area (Å²) in [4.78, 5) is 13.2. The van der Waals surface area contributed by atoms with E-state index in [4.69, 9.17) is 0 Å². The molecule has 0 N–H and O–H groups in total. The quantitative estimate of drug-likeness (QED) is 0.612. The summed E-state index contributed by atoms with van der Waals surface area (Å²) in [5.41, 5.74) is 1.89. The molecule has 0 bridgehead atoms. The van der Waals surface area contributed by atoms with Gasteiger partial charge in [-0.15, -0.1) is 11.8 Å². The van der Waals surface area contributed by atoms with E-state index >= 15 is 0 Å². The number of ketones is 1. The van der Waals surface area contributed by atoms with Gasteiger partial charge in [0.1, 0.15) is 0 Å². The molecule has 0 saturated carbocycles. The standard InChI is InChI=1S/C14H16N2OS/c1-16-10-11(9-15-16)3-8-14(17)12-4-6-13(18-2)7-5-12/h4-7,9-10H,3,8H2,1-2H3. The van der Waals surface area contributed by atoms with Crippen LogP contribution in [0.15, 0.2) is 41.6 Å². The molecule has 1 aromatic heterocycles. The molecule has 0 unspecified atom stereocenters. The second kappa shape index (κ2) is 5.87. The number of thioether (sulfide) groups is 1. The zero-order valence-corrected chi connectivity index (χ0v) is 11.4. The minimum Gasteiger partial charge on any atom is -0.294 e. The summed E-state index contributed by atoms with van der Waals surface area (Å²) in [6.45, 7) is 0. The monoisotopic (exact) mass is 260 g/mol. The van der Waals surface area contributed by atoms with Crippen LogP contribution >= 0.6 is 11.8 Å². The molecule has 1 heterocycles. The lowest BCUT2D eigenvalue weighted by Crippen LogP contribution is -2.00. The lowest BCUT2D eigenvalue weighted by molar-refractivity contribution is 0.0983. The molecule has 0 saturated heterocycles. The Morgan fingerprint density at radius 3 is 2.61 bits per heavy atom. The van der Waals surface area contributed by atoms with Gasteiger partial charge in [0.15, 0.2) is 5.78 Å². The van der Waals surface area contributed by atoms with Crippen LogP contribution in [0.4, 0.5) is 0 Å². The van der Waals surface area contributed by atoms with E-state index in [-0.39, 0.29) is 5.78 Å². The molecule has 3 nitrogen and oxygen atoms in total. The summed E-state index contributed by atoms with van der Waals surface area (Å²) in [6, 6.07) is 7.78. The van der Waals surface area contributed by atoms with Crippen LogP contribution in [0.25, 0.3) is 0 Å². The minimum absolute atomic E-state index is 0.187. The highest BCUT2D eigenvalue weighted by molar-refractivity contribution is 7.98. The van der Waals surface area contributed by atoms with Crippen LogP contribution in [0.3, 0.4) is 0 Å². The van der Waals surface area contributed by atoms with Crippen LogP contribution in [0.5, 0.6) is 0 Å². The molecular formula is C14H16N2OS. The highest BCUT2D eigenvalue weighted by atomic mass is 32.2.